The molecule has 0 unspecified atom stereocenters. The number of nitrogens with zero attached hydrogens (tertiary/aromatic N) is 2. The van der Waals surface area contributed by atoms with Crippen LogP contribution in [0, 0.1) is 0 Å². The highest BCUT2D eigenvalue weighted by molar-refractivity contribution is 7.83. The third-order valence-corrected chi connectivity index (χ3v) is 8.66. The summed E-state index contributed by atoms with van der Waals surface area (Å²) in [4.78, 5) is 12.9. The largest absolute Gasteiger partial charge is 0.735 e. The van der Waals surface area contributed by atoms with Crippen LogP contribution >= 0.6 is 34.8 Å². The van der Waals surface area contributed by atoms with E-state index in [1.807, 2.05) is 35.3 Å². The van der Waals surface area contributed by atoms with Gasteiger partial charge in [-0.25, -0.2) is 18.1 Å². The molecule has 40 heavy (non-hydrogen) atoms. The Balaban J connectivity index is 0.000000283. The van der Waals surface area contributed by atoms with Crippen LogP contribution in [-0.4, -0.2) is 43.7 Å². The van der Waals surface area contributed by atoms with E-state index in [0.29, 0.717) is 32.9 Å². The molecule has 1 aliphatic carbocycles. The molecule has 1 amide bonds. The molecule has 0 radical (unpaired) electrons. The fraction of sp³-hybridized carbons (Fsp3) is 0.481. The van der Waals surface area contributed by atoms with E-state index in [2.05, 4.69) is 15.2 Å². The lowest BCUT2D eigenvalue weighted by Crippen LogP contribution is -3.20. The number of anilines is 1. The second-order valence-electron chi connectivity index (χ2n) is 10.3. The van der Waals surface area contributed by atoms with Crippen molar-refractivity contribution in [3.8, 4) is 0 Å². The first-order chi connectivity index (χ1) is 19.1. The van der Waals surface area contributed by atoms with Gasteiger partial charge < -0.3 is 4.55 Å². The van der Waals surface area contributed by atoms with E-state index < -0.39 is 10.3 Å². The first-order valence-electron chi connectivity index (χ1n) is 13.6. The van der Waals surface area contributed by atoms with Crippen molar-refractivity contribution in [3.63, 3.8) is 0 Å². The number of piperidine rings is 1. The van der Waals surface area contributed by atoms with E-state index in [1.165, 1.54) is 6.42 Å². The molecule has 0 bridgehead atoms. The van der Waals surface area contributed by atoms with Gasteiger partial charge in [0.05, 0.1) is 29.8 Å². The SMILES string of the molecule is O=C(N[NH+]1CCCCC1)C1=NN(c2ccc(Cl)cc2Cl)[C@@H](c2ccc(Cl)cc2)C1.O=S(=O)([O-])NC1CCCCC1. The molecule has 2 heterocycles. The molecule has 0 aromatic heterocycles. The first kappa shape index (κ1) is 31.0. The number of carbonyl (C=O) groups is 1. The van der Waals surface area contributed by atoms with Crippen LogP contribution in [-0.2, 0) is 15.1 Å². The van der Waals surface area contributed by atoms with E-state index >= 15 is 0 Å². The summed E-state index contributed by atoms with van der Waals surface area (Å²) in [6.45, 7) is 1.90. The summed E-state index contributed by atoms with van der Waals surface area (Å²) < 4.78 is 32.8. The number of benzene rings is 2. The second kappa shape index (κ2) is 14.3. The molecule has 5 rings (SSSR count). The second-order valence-corrected chi connectivity index (χ2v) is 12.7. The summed E-state index contributed by atoms with van der Waals surface area (Å²) >= 11 is 18.6. The van der Waals surface area contributed by atoms with Gasteiger partial charge in [0.25, 0.3) is 0 Å². The molecule has 218 valence electrons. The summed E-state index contributed by atoms with van der Waals surface area (Å²) in [5.74, 6) is -0.131. The number of rotatable bonds is 6. The quantitative estimate of drug-likeness (QED) is 0.409. The number of amides is 1. The fourth-order valence-corrected chi connectivity index (χ4v) is 6.51. The predicted octanol–water partition coefficient (Wildman–Crippen LogP) is 4.42. The Bertz CT molecular complexity index is 1300. The molecule has 1 saturated carbocycles. The maximum atomic E-state index is 12.9. The minimum atomic E-state index is -4.22. The van der Waals surface area contributed by atoms with Crippen LogP contribution in [0.4, 0.5) is 5.69 Å². The van der Waals surface area contributed by atoms with Crippen molar-refractivity contribution in [2.75, 3.05) is 18.1 Å². The molecule has 2 aliphatic heterocycles. The predicted molar refractivity (Wildman–Crippen MR) is 158 cm³/mol. The van der Waals surface area contributed by atoms with Gasteiger partial charge in [-0.2, -0.15) is 10.5 Å². The van der Waals surface area contributed by atoms with Crippen LogP contribution in [0.2, 0.25) is 15.1 Å². The number of hydrogen-bond donors (Lipinski definition) is 3. The van der Waals surface area contributed by atoms with Crippen molar-refractivity contribution >= 4 is 62.4 Å². The van der Waals surface area contributed by atoms with Crippen molar-refractivity contribution in [3.05, 3.63) is 63.1 Å². The lowest BCUT2D eigenvalue weighted by Gasteiger charge is -2.25. The van der Waals surface area contributed by atoms with Crippen LogP contribution in [0.1, 0.15) is 69.4 Å². The normalized spacial score (nSPS) is 20.4. The minimum absolute atomic E-state index is 0.105. The zero-order chi connectivity index (χ0) is 28.7. The first-order valence-corrected chi connectivity index (χ1v) is 16.1. The van der Waals surface area contributed by atoms with Crippen LogP contribution < -0.4 is 20.2 Å². The number of carbonyl (C=O) groups excluding carboxylic acids is 1. The molecular formula is C27H34Cl3N5O4S. The van der Waals surface area contributed by atoms with Gasteiger partial charge in [0.2, 0.25) is 0 Å². The zero-order valence-electron chi connectivity index (χ0n) is 22.0. The summed E-state index contributed by atoms with van der Waals surface area (Å²) in [6.07, 6.45) is 8.77. The number of hydrazone groups is 1. The van der Waals surface area contributed by atoms with Crippen molar-refractivity contribution in [1.82, 2.24) is 10.1 Å². The summed E-state index contributed by atoms with van der Waals surface area (Å²) in [5, 5.41) is 9.28. The molecule has 1 saturated heterocycles. The Morgan fingerprint density at radius 1 is 0.925 bits per heavy atom. The maximum absolute atomic E-state index is 12.9. The number of quaternary nitrogens is 1. The van der Waals surface area contributed by atoms with Gasteiger partial charge in [-0.1, -0.05) is 66.2 Å². The van der Waals surface area contributed by atoms with Crippen molar-refractivity contribution in [2.45, 2.75) is 69.9 Å². The average molecular weight is 631 g/mol. The van der Waals surface area contributed by atoms with Gasteiger partial charge in [0.15, 0.2) is 10.3 Å². The molecule has 9 nitrogen and oxygen atoms in total. The fourth-order valence-electron chi connectivity index (χ4n) is 5.24. The van der Waals surface area contributed by atoms with Gasteiger partial charge in [-0.15, -0.1) is 0 Å². The van der Waals surface area contributed by atoms with Crippen molar-refractivity contribution in [1.29, 1.82) is 0 Å². The van der Waals surface area contributed by atoms with Gasteiger partial charge in [0.1, 0.15) is 5.71 Å². The van der Waals surface area contributed by atoms with Gasteiger partial charge in [0, 0.05) is 22.5 Å². The molecule has 1 atom stereocenters. The zero-order valence-corrected chi connectivity index (χ0v) is 25.1. The molecule has 2 aromatic rings. The molecular weight excluding hydrogens is 597 g/mol. The summed E-state index contributed by atoms with van der Waals surface area (Å²) in [6, 6.07) is 12.6. The highest BCUT2D eigenvalue weighted by Crippen LogP contribution is 2.39. The number of hydrogen-bond acceptors (Lipinski definition) is 6. The van der Waals surface area contributed by atoms with Crippen LogP contribution in [0.3, 0.4) is 0 Å². The molecule has 2 fully saturated rings. The standard InChI is InChI=1S/C21H21Cl3N4O.C6H13NO3S/c22-15-6-4-14(5-7-15)20-13-18(21(29)26-27-10-2-1-3-11-27)25-28(20)19-9-8-16(23)12-17(19)24;8-11(9,10)7-6-4-2-1-3-5-6/h4-9,12,20H,1-3,10-11,13H2,(H,26,29);6-7H,1-5H2,(H,8,9,10)/t20-;/m1./s1. The Labute approximate surface area is 250 Å². The van der Waals surface area contributed by atoms with E-state index in [-0.39, 0.29) is 18.0 Å². The maximum Gasteiger partial charge on any atom is 0.312 e. The van der Waals surface area contributed by atoms with Gasteiger partial charge >= 0.3 is 5.91 Å². The molecule has 0 spiro atoms. The van der Waals surface area contributed by atoms with Crippen LogP contribution in [0.25, 0.3) is 0 Å². The molecule has 3 N–H and O–H groups in total. The molecule has 2 aromatic carbocycles. The van der Waals surface area contributed by atoms with Crippen LogP contribution in [0.5, 0.6) is 0 Å². The van der Waals surface area contributed by atoms with E-state index in [1.54, 1.807) is 12.1 Å². The Morgan fingerprint density at radius 2 is 1.55 bits per heavy atom. The average Bonchev–Trinajstić information content (AvgIpc) is 3.35. The lowest BCUT2D eigenvalue weighted by atomic mass is 9.96. The van der Waals surface area contributed by atoms with Crippen molar-refractivity contribution < 1.29 is 22.8 Å². The highest BCUT2D eigenvalue weighted by atomic mass is 35.5. The topological polar surface area (TPSA) is 118 Å². The third kappa shape index (κ3) is 9.04. The van der Waals surface area contributed by atoms with E-state index in [0.717, 1.165) is 68.6 Å². The number of nitrogens with one attached hydrogen (secondary N) is 3. The highest BCUT2D eigenvalue weighted by Gasteiger charge is 2.34. The van der Waals surface area contributed by atoms with Crippen molar-refractivity contribution in [2.24, 2.45) is 5.10 Å². The van der Waals surface area contributed by atoms with Gasteiger partial charge in [-0.3, -0.25) is 9.80 Å². The summed E-state index contributed by atoms with van der Waals surface area (Å²) in [7, 11) is -4.22. The lowest BCUT2D eigenvalue weighted by molar-refractivity contribution is -0.940. The van der Waals surface area contributed by atoms with E-state index in [4.69, 9.17) is 34.8 Å². The Morgan fingerprint density at radius 3 is 2.17 bits per heavy atom. The van der Waals surface area contributed by atoms with Gasteiger partial charge in [-0.05, 0) is 68.0 Å². The molecule has 13 heteroatoms. The minimum Gasteiger partial charge on any atom is -0.735 e. The Kier molecular flexibility index (Phi) is 11.1. The smallest absolute Gasteiger partial charge is 0.312 e. The molecule has 3 aliphatic rings. The monoisotopic (exact) mass is 629 g/mol. The number of halogens is 3. The Hall–Kier alpha value is -1.92. The third-order valence-electron chi connectivity index (χ3n) is 7.25. The van der Waals surface area contributed by atoms with Crippen LogP contribution in [0.15, 0.2) is 47.6 Å². The summed E-state index contributed by atoms with van der Waals surface area (Å²) in [5.41, 5.74) is 5.30. The van der Waals surface area contributed by atoms with E-state index in [9.17, 15) is 17.8 Å².